The van der Waals surface area contributed by atoms with E-state index >= 15 is 0 Å². The topological polar surface area (TPSA) is 107 Å². The fourth-order valence-corrected chi connectivity index (χ4v) is 1.71. The molecule has 2 aromatic rings. The van der Waals surface area contributed by atoms with Gasteiger partial charge in [0.15, 0.2) is 0 Å². The Morgan fingerprint density at radius 1 is 1.00 bits per heavy atom. The number of aromatic nitrogens is 5. The van der Waals surface area contributed by atoms with Crippen LogP contribution >= 0.6 is 0 Å². The van der Waals surface area contributed by atoms with Crippen LogP contribution in [-0.2, 0) is 0 Å². The molecule has 0 unspecified atom stereocenters. The molecule has 0 aromatic carbocycles. The third-order valence-electron chi connectivity index (χ3n) is 3.04. The van der Waals surface area contributed by atoms with Crippen LogP contribution in [0, 0.1) is 0 Å². The summed E-state index contributed by atoms with van der Waals surface area (Å²) >= 11 is 0. The number of anilines is 2. The van der Waals surface area contributed by atoms with Crippen molar-refractivity contribution in [2.24, 2.45) is 0 Å². The predicted octanol–water partition coefficient (Wildman–Crippen LogP) is 2.49. The Labute approximate surface area is 141 Å². The first-order chi connectivity index (χ1) is 11.6. The molecule has 2 rings (SSSR count). The summed E-state index contributed by atoms with van der Waals surface area (Å²) in [4.78, 5) is 12.8. The predicted molar refractivity (Wildman–Crippen MR) is 90.6 cm³/mol. The average Bonchev–Trinajstić information content (AvgIpc) is 2.57. The molecule has 24 heavy (non-hydrogen) atoms. The lowest BCUT2D eigenvalue weighted by atomic mass is 10.3. The van der Waals surface area contributed by atoms with Crippen molar-refractivity contribution in [3.63, 3.8) is 0 Å². The maximum Gasteiger partial charge on any atom is 0.330 e. The van der Waals surface area contributed by atoms with Gasteiger partial charge in [0.2, 0.25) is 23.7 Å². The van der Waals surface area contributed by atoms with Crippen LogP contribution in [0.5, 0.6) is 17.8 Å². The monoisotopic (exact) mass is 333 g/mol. The number of nitrogens with one attached hydrogen (secondary N) is 2. The molecule has 0 spiro atoms. The molecule has 2 aromatic heterocycles. The Balaban J connectivity index is 2.17. The van der Waals surface area contributed by atoms with Crippen molar-refractivity contribution in [3.8, 4) is 17.8 Å². The van der Waals surface area contributed by atoms with Crippen molar-refractivity contribution in [3.05, 3.63) is 12.1 Å². The lowest BCUT2D eigenvalue weighted by molar-refractivity contribution is 0.318. The van der Waals surface area contributed by atoms with E-state index in [1.54, 1.807) is 12.1 Å². The summed E-state index contributed by atoms with van der Waals surface area (Å²) in [6.07, 6.45) is 0.947. The molecule has 9 nitrogen and oxygen atoms in total. The van der Waals surface area contributed by atoms with Gasteiger partial charge in [-0.05, 0) is 27.2 Å². The highest BCUT2D eigenvalue weighted by atomic mass is 16.5. The summed E-state index contributed by atoms with van der Waals surface area (Å²) in [5.41, 5.74) is 0. The quantitative estimate of drug-likeness (QED) is 0.715. The molecule has 2 heterocycles. The van der Waals surface area contributed by atoms with Crippen LogP contribution in [-0.4, -0.2) is 44.3 Å². The van der Waals surface area contributed by atoms with E-state index in [4.69, 9.17) is 9.47 Å². The molecule has 0 saturated heterocycles. The Kier molecular flexibility index (Phi) is 6.47. The van der Waals surface area contributed by atoms with Gasteiger partial charge in [-0.2, -0.15) is 15.0 Å². The summed E-state index contributed by atoms with van der Waals surface area (Å²) in [6, 6.07) is 3.71. The minimum atomic E-state index is 0.144. The summed E-state index contributed by atoms with van der Waals surface area (Å²) in [6.45, 7) is 9.19. The Morgan fingerprint density at radius 3 is 2.33 bits per heavy atom. The normalized spacial score (nSPS) is 11.7. The number of rotatable bonds is 9. The summed E-state index contributed by atoms with van der Waals surface area (Å²) in [5, 5.41) is 14.1. The van der Waals surface area contributed by atoms with Gasteiger partial charge < -0.3 is 20.1 Å². The van der Waals surface area contributed by atoms with Gasteiger partial charge in [0.05, 0.1) is 6.61 Å². The second-order valence-electron chi connectivity index (χ2n) is 4.99. The van der Waals surface area contributed by atoms with Crippen LogP contribution in [0.25, 0.3) is 0 Å². The second kappa shape index (κ2) is 8.80. The molecular weight excluding hydrogens is 310 g/mol. The second-order valence-corrected chi connectivity index (χ2v) is 4.99. The molecule has 0 aliphatic heterocycles. The van der Waals surface area contributed by atoms with Crippen LogP contribution in [0.3, 0.4) is 0 Å². The van der Waals surface area contributed by atoms with Gasteiger partial charge in [-0.1, -0.05) is 6.92 Å². The SMILES string of the molecule is CCNc1nc(N[C@H](C)CC)nc(Oc2ccc(OCC)nn2)n1. The van der Waals surface area contributed by atoms with Gasteiger partial charge in [0, 0.05) is 24.7 Å². The zero-order valence-corrected chi connectivity index (χ0v) is 14.4. The lowest BCUT2D eigenvalue weighted by Gasteiger charge is -2.13. The molecule has 0 saturated carbocycles. The van der Waals surface area contributed by atoms with Gasteiger partial charge in [0.1, 0.15) is 0 Å². The number of nitrogens with zero attached hydrogens (tertiary/aromatic N) is 5. The van der Waals surface area contributed by atoms with E-state index < -0.39 is 0 Å². The van der Waals surface area contributed by atoms with E-state index in [0.717, 1.165) is 6.42 Å². The van der Waals surface area contributed by atoms with Gasteiger partial charge in [0.25, 0.3) is 0 Å². The van der Waals surface area contributed by atoms with E-state index in [-0.39, 0.29) is 17.9 Å². The van der Waals surface area contributed by atoms with Crippen molar-refractivity contribution >= 4 is 11.9 Å². The highest BCUT2D eigenvalue weighted by Gasteiger charge is 2.11. The van der Waals surface area contributed by atoms with Crippen molar-refractivity contribution in [2.45, 2.75) is 40.2 Å². The third-order valence-corrected chi connectivity index (χ3v) is 3.04. The first kappa shape index (κ1) is 17.6. The minimum Gasteiger partial charge on any atom is -0.477 e. The number of hydrogen-bond acceptors (Lipinski definition) is 9. The molecular formula is C15H23N7O2. The Morgan fingerprint density at radius 2 is 1.71 bits per heavy atom. The molecule has 0 amide bonds. The van der Waals surface area contributed by atoms with E-state index in [1.165, 1.54) is 0 Å². The molecule has 0 aliphatic rings. The van der Waals surface area contributed by atoms with Crippen LogP contribution in [0.2, 0.25) is 0 Å². The molecule has 0 bridgehead atoms. The van der Waals surface area contributed by atoms with Crippen molar-refractivity contribution < 1.29 is 9.47 Å². The van der Waals surface area contributed by atoms with E-state index in [0.29, 0.717) is 30.9 Å². The average molecular weight is 333 g/mol. The molecule has 9 heteroatoms. The highest BCUT2D eigenvalue weighted by Crippen LogP contribution is 2.19. The molecule has 0 radical (unpaired) electrons. The summed E-state index contributed by atoms with van der Waals surface area (Å²) in [7, 11) is 0. The van der Waals surface area contributed by atoms with E-state index in [9.17, 15) is 0 Å². The van der Waals surface area contributed by atoms with Gasteiger partial charge >= 0.3 is 6.01 Å². The molecule has 0 aliphatic carbocycles. The highest BCUT2D eigenvalue weighted by molar-refractivity contribution is 5.37. The zero-order valence-electron chi connectivity index (χ0n) is 14.4. The Bertz CT molecular complexity index is 636. The van der Waals surface area contributed by atoms with E-state index in [2.05, 4.69) is 49.6 Å². The lowest BCUT2D eigenvalue weighted by Crippen LogP contribution is -2.17. The fraction of sp³-hybridized carbons (Fsp3) is 0.533. The third kappa shape index (κ3) is 5.18. The van der Waals surface area contributed by atoms with Crippen LogP contribution in [0.15, 0.2) is 12.1 Å². The molecule has 130 valence electrons. The maximum absolute atomic E-state index is 5.58. The zero-order chi connectivity index (χ0) is 17.4. The standard InChI is InChI=1S/C15H23N7O2/c1-5-10(4)17-14-18-13(16-6-2)19-15(20-14)24-12-9-8-11(21-22-12)23-7-3/h8-10H,5-7H2,1-4H3,(H2,16,17,18,19,20)/t10-/m1/s1. The van der Waals surface area contributed by atoms with Crippen molar-refractivity contribution in [1.82, 2.24) is 25.1 Å². The smallest absolute Gasteiger partial charge is 0.330 e. The van der Waals surface area contributed by atoms with Crippen molar-refractivity contribution in [2.75, 3.05) is 23.8 Å². The number of hydrogen-bond donors (Lipinski definition) is 2. The summed E-state index contributed by atoms with van der Waals surface area (Å²) in [5.74, 6) is 1.60. The van der Waals surface area contributed by atoms with Gasteiger partial charge in [-0.15, -0.1) is 10.2 Å². The van der Waals surface area contributed by atoms with E-state index in [1.807, 2.05) is 13.8 Å². The van der Waals surface area contributed by atoms with Crippen LogP contribution in [0.4, 0.5) is 11.9 Å². The van der Waals surface area contributed by atoms with Gasteiger partial charge in [-0.3, -0.25) is 0 Å². The number of ether oxygens (including phenoxy) is 2. The fourth-order valence-electron chi connectivity index (χ4n) is 1.71. The van der Waals surface area contributed by atoms with Crippen molar-refractivity contribution in [1.29, 1.82) is 0 Å². The summed E-state index contributed by atoms with van der Waals surface area (Å²) < 4.78 is 10.8. The van der Waals surface area contributed by atoms with Gasteiger partial charge in [-0.25, -0.2) is 0 Å². The maximum atomic E-state index is 5.58. The molecule has 0 fully saturated rings. The van der Waals surface area contributed by atoms with Crippen LogP contribution in [0.1, 0.15) is 34.1 Å². The molecule has 2 N–H and O–H groups in total. The first-order valence-corrected chi connectivity index (χ1v) is 8.05. The first-order valence-electron chi connectivity index (χ1n) is 8.05. The molecule has 1 atom stereocenters. The minimum absolute atomic E-state index is 0.144. The largest absolute Gasteiger partial charge is 0.477 e. The van der Waals surface area contributed by atoms with Crippen LogP contribution < -0.4 is 20.1 Å². The Hall–Kier alpha value is -2.71.